The highest BCUT2D eigenvalue weighted by atomic mass is 16.5. The fourth-order valence-electron chi connectivity index (χ4n) is 4.00. The molecule has 1 amide bonds. The molecule has 6 nitrogen and oxygen atoms in total. The molecule has 1 saturated heterocycles. The molecule has 1 N–H and O–H groups in total. The monoisotopic (exact) mass is 395 g/mol. The normalized spacial score (nSPS) is 17.1. The first kappa shape index (κ1) is 19.7. The van der Waals surface area contributed by atoms with E-state index in [2.05, 4.69) is 9.80 Å². The minimum Gasteiger partial charge on any atom is -0.508 e. The van der Waals surface area contributed by atoms with Gasteiger partial charge in [-0.2, -0.15) is 0 Å². The first-order valence-electron chi connectivity index (χ1n) is 10.3. The molecule has 2 aromatic rings. The number of aromatic hydroxyl groups is 1. The summed E-state index contributed by atoms with van der Waals surface area (Å²) in [7, 11) is 1.89. The Morgan fingerprint density at radius 2 is 1.83 bits per heavy atom. The van der Waals surface area contributed by atoms with E-state index in [0.717, 1.165) is 63.5 Å². The Bertz CT molecular complexity index is 845. The van der Waals surface area contributed by atoms with Crippen LogP contribution in [0.1, 0.15) is 21.5 Å². The Balaban J connectivity index is 1.26. The van der Waals surface area contributed by atoms with Crippen LogP contribution in [0.25, 0.3) is 0 Å². The number of phenolic OH excluding ortho intramolecular Hbond substituents is 1. The molecule has 0 aromatic heterocycles. The van der Waals surface area contributed by atoms with Gasteiger partial charge in [-0.15, -0.1) is 0 Å². The maximum Gasteiger partial charge on any atom is 0.253 e. The van der Waals surface area contributed by atoms with E-state index >= 15 is 0 Å². The second-order valence-electron chi connectivity index (χ2n) is 7.86. The summed E-state index contributed by atoms with van der Waals surface area (Å²) in [5, 5.41) is 9.44. The molecule has 0 bridgehead atoms. The molecule has 4 rings (SSSR count). The van der Waals surface area contributed by atoms with E-state index in [4.69, 9.17) is 4.74 Å². The molecular weight excluding hydrogens is 366 g/mol. The second kappa shape index (κ2) is 8.84. The Morgan fingerprint density at radius 1 is 1.07 bits per heavy atom. The van der Waals surface area contributed by atoms with Gasteiger partial charge in [-0.1, -0.05) is 6.07 Å². The summed E-state index contributed by atoms with van der Waals surface area (Å²) in [6.07, 6.45) is 0.880. The van der Waals surface area contributed by atoms with Crippen molar-refractivity contribution >= 4 is 11.6 Å². The maximum absolute atomic E-state index is 12.8. The minimum atomic E-state index is 0.0852. The Kier molecular flexibility index (Phi) is 6.02. The van der Waals surface area contributed by atoms with Crippen LogP contribution >= 0.6 is 0 Å². The molecule has 0 saturated carbocycles. The van der Waals surface area contributed by atoms with E-state index < -0.39 is 0 Å². The van der Waals surface area contributed by atoms with Crippen molar-refractivity contribution in [1.29, 1.82) is 0 Å². The first-order chi connectivity index (χ1) is 14.1. The van der Waals surface area contributed by atoms with Crippen LogP contribution in [0.5, 0.6) is 5.75 Å². The molecule has 2 aromatic carbocycles. The zero-order valence-electron chi connectivity index (χ0n) is 17.0. The summed E-state index contributed by atoms with van der Waals surface area (Å²) in [4.78, 5) is 19.4. The molecule has 2 aliphatic heterocycles. The summed E-state index contributed by atoms with van der Waals surface area (Å²) in [6.45, 7) is 6.84. The van der Waals surface area contributed by atoms with E-state index in [0.29, 0.717) is 12.4 Å². The Hall–Kier alpha value is -2.57. The van der Waals surface area contributed by atoms with Crippen molar-refractivity contribution in [1.82, 2.24) is 9.80 Å². The predicted octanol–water partition coefficient (Wildman–Crippen LogP) is 2.36. The number of piperazine rings is 1. The summed E-state index contributed by atoms with van der Waals surface area (Å²) in [5.41, 5.74) is 4.35. The number of hydrogen-bond donors (Lipinski definition) is 1. The number of fused-ring (bicyclic) bond motifs is 1. The molecule has 0 atom stereocenters. The molecule has 1 fully saturated rings. The quantitative estimate of drug-likeness (QED) is 0.842. The van der Waals surface area contributed by atoms with E-state index in [9.17, 15) is 9.90 Å². The summed E-state index contributed by atoms with van der Waals surface area (Å²) in [6, 6.07) is 13.4. The molecule has 0 unspecified atom stereocenters. The number of amides is 1. The third-order valence-electron chi connectivity index (χ3n) is 5.91. The van der Waals surface area contributed by atoms with Crippen molar-refractivity contribution in [3.8, 4) is 5.75 Å². The highest BCUT2D eigenvalue weighted by Gasteiger charge is 2.20. The van der Waals surface area contributed by atoms with E-state index in [1.807, 2.05) is 42.3 Å². The van der Waals surface area contributed by atoms with Gasteiger partial charge in [0, 0.05) is 57.6 Å². The number of rotatable bonds is 5. The van der Waals surface area contributed by atoms with Crippen LogP contribution in [-0.4, -0.2) is 73.7 Å². The first-order valence-corrected chi connectivity index (χ1v) is 10.3. The largest absolute Gasteiger partial charge is 0.508 e. The number of benzene rings is 2. The lowest BCUT2D eigenvalue weighted by Crippen LogP contribution is -2.48. The summed E-state index contributed by atoms with van der Waals surface area (Å²) >= 11 is 0. The average Bonchev–Trinajstić information content (AvgIpc) is 2.77. The van der Waals surface area contributed by atoms with Gasteiger partial charge in [-0.05, 0) is 53.9 Å². The van der Waals surface area contributed by atoms with Gasteiger partial charge in [0.2, 0.25) is 0 Å². The molecule has 154 valence electrons. The van der Waals surface area contributed by atoms with Crippen LogP contribution < -0.4 is 4.90 Å². The molecule has 0 radical (unpaired) electrons. The van der Waals surface area contributed by atoms with Gasteiger partial charge in [-0.25, -0.2) is 0 Å². The lowest BCUT2D eigenvalue weighted by atomic mass is 10.00. The Labute approximate surface area is 172 Å². The smallest absolute Gasteiger partial charge is 0.253 e. The Morgan fingerprint density at radius 3 is 2.59 bits per heavy atom. The van der Waals surface area contributed by atoms with Crippen LogP contribution in [-0.2, 0) is 17.8 Å². The SMILES string of the molecule is CN(CCN1CCN(c2ccc(O)cc2)CC1)C(=O)c1ccc2c(c1)CCOC2. The summed E-state index contributed by atoms with van der Waals surface area (Å²) < 4.78 is 5.48. The zero-order valence-corrected chi connectivity index (χ0v) is 17.0. The van der Waals surface area contributed by atoms with Crippen molar-refractivity contribution < 1.29 is 14.6 Å². The van der Waals surface area contributed by atoms with Crippen LogP contribution in [0, 0.1) is 0 Å². The van der Waals surface area contributed by atoms with Crippen molar-refractivity contribution in [2.24, 2.45) is 0 Å². The molecule has 2 aliphatic rings. The summed E-state index contributed by atoms with van der Waals surface area (Å²) in [5.74, 6) is 0.384. The van der Waals surface area contributed by atoms with Crippen LogP contribution in [0.2, 0.25) is 0 Å². The molecule has 6 heteroatoms. The number of nitrogens with zero attached hydrogens (tertiary/aromatic N) is 3. The second-order valence-corrected chi connectivity index (χ2v) is 7.86. The average molecular weight is 396 g/mol. The van der Waals surface area contributed by atoms with Gasteiger partial charge < -0.3 is 19.6 Å². The molecule has 0 aliphatic carbocycles. The van der Waals surface area contributed by atoms with Gasteiger partial charge in [0.1, 0.15) is 5.75 Å². The third-order valence-corrected chi connectivity index (χ3v) is 5.91. The zero-order chi connectivity index (χ0) is 20.2. The molecule has 0 spiro atoms. The lowest BCUT2D eigenvalue weighted by Gasteiger charge is -2.36. The number of ether oxygens (including phenoxy) is 1. The van der Waals surface area contributed by atoms with Gasteiger partial charge in [0.15, 0.2) is 0 Å². The molecule has 29 heavy (non-hydrogen) atoms. The maximum atomic E-state index is 12.8. The third kappa shape index (κ3) is 4.71. The standard InChI is InChI=1S/C23H29N3O3/c1-24(23(28)19-2-3-20-17-29-15-8-18(20)16-19)9-10-25-11-13-26(14-12-25)21-4-6-22(27)7-5-21/h2-7,16,27H,8-15,17H2,1H3. The van der Waals surface area contributed by atoms with Gasteiger partial charge in [0.25, 0.3) is 5.91 Å². The number of phenols is 1. The highest BCUT2D eigenvalue weighted by molar-refractivity contribution is 5.94. The highest BCUT2D eigenvalue weighted by Crippen LogP contribution is 2.21. The number of likely N-dealkylation sites (N-methyl/N-ethyl adjacent to an activating group) is 1. The number of hydrogen-bond acceptors (Lipinski definition) is 5. The fourth-order valence-corrected chi connectivity index (χ4v) is 4.00. The minimum absolute atomic E-state index is 0.0852. The van der Waals surface area contributed by atoms with Gasteiger partial charge in [0.05, 0.1) is 13.2 Å². The topological polar surface area (TPSA) is 56.2 Å². The van der Waals surface area contributed by atoms with E-state index in [1.54, 1.807) is 12.1 Å². The predicted molar refractivity (Wildman–Crippen MR) is 114 cm³/mol. The van der Waals surface area contributed by atoms with Crippen LogP contribution in [0.3, 0.4) is 0 Å². The number of carbonyl (C=O) groups is 1. The number of carbonyl (C=O) groups excluding carboxylic acids is 1. The van der Waals surface area contributed by atoms with Crippen molar-refractivity contribution in [3.05, 3.63) is 59.2 Å². The van der Waals surface area contributed by atoms with Crippen molar-refractivity contribution in [2.75, 3.05) is 57.8 Å². The van der Waals surface area contributed by atoms with Crippen LogP contribution in [0.15, 0.2) is 42.5 Å². The molecule has 2 heterocycles. The number of anilines is 1. The van der Waals surface area contributed by atoms with E-state index in [1.165, 1.54) is 11.1 Å². The van der Waals surface area contributed by atoms with Gasteiger partial charge in [-0.3, -0.25) is 9.69 Å². The fraction of sp³-hybridized carbons (Fsp3) is 0.435. The van der Waals surface area contributed by atoms with E-state index in [-0.39, 0.29) is 5.91 Å². The van der Waals surface area contributed by atoms with Crippen LogP contribution in [0.4, 0.5) is 5.69 Å². The molecular formula is C23H29N3O3. The van der Waals surface area contributed by atoms with Crippen molar-refractivity contribution in [2.45, 2.75) is 13.0 Å². The van der Waals surface area contributed by atoms with Crippen molar-refractivity contribution in [3.63, 3.8) is 0 Å². The lowest BCUT2D eigenvalue weighted by molar-refractivity contribution is 0.0775. The van der Waals surface area contributed by atoms with Gasteiger partial charge >= 0.3 is 0 Å².